The summed E-state index contributed by atoms with van der Waals surface area (Å²) in [7, 11) is 0. The second kappa shape index (κ2) is 4.00. The summed E-state index contributed by atoms with van der Waals surface area (Å²) < 4.78 is 0. The third-order valence-electron chi connectivity index (χ3n) is 3.32. The van der Waals surface area contributed by atoms with Gasteiger partial charge in [-0.3, -0.25) is 9.59 Å². The maximum Gasteiger partial charge on any atom is 0.255 e. The molecule has 1 aliphatic rings. The number of hydrogen-bond donors (Lipinski definition) is 2. The fourth-order valence-electron chi connectivity index (χ4n) is 1.85. The normalized spacial score (nSPS) is 18.0. The molecule has 1 amide bonds. The number of β-amino-alcohol motifs (C(OH)–C–C–N with tert-alkyl or cyclic N) is 1. The minimum atomic E-state index is -0.766. The van der Waals surface area contributed by atoms with E-state index in [0.717, 1.165) is 0 Å². The predicted octanol–water partition coefficient (Wildman–Crippen LogP) is 0.218. The summed E-state index contributed by atoms with van der Waals surface area (Å²) in [5.41, 5.74) is -0.558. The molecule has 2 rings (SSSR count). The molecule has 1 fully saturated rings. The van der Waals surface area contributed by atoms with Crippen molar-refractivity contribution in [3.8, 4) is 0 Å². The Hall–Kier alpha value is -1.62. The standard InChI is InChI=1S/C12H16N2O3/c1-8(2)12(17)6-14(7-12)11(16)9-3-4-10(15)13-5-9/h3-5,8,17H,6-7H2,1-2H3,(H,13,15). The number of likely N-dealkylation sites (tertiary alicyclic amines) is 1. The Morgan fingerprint density at radius 2 is 2.12 bits per heavy atom. The summed E-state index contributed by atoms with van der Waals surface area (Å²) in [4.78, 5) is 26.8. The van der Waals surface area contributed by atoms with E-state index in [-0.39, 0.29) is 17.4 Å². The lowest BCUT2D eigenvalue weighted by Gasteiger charge is -2.49. The van der Waals surface area contributed by atoms with Crippen molar-refractivity contribution in [2.45, 2.75) is 19.4 Å². The molecule has 0 spiro atoms. The quantitative estimate of drug-likeness (QED) is 0.771. The van der Waals surface area contributed by atoms with E-state index in [0.29, 0.717) is 18.7 Å². The number of aromatic amines is 1. The Morgan fingerprint density at radius 3 is 2.59 bits per heavy atom. The van der Waals surface area contributed by atoms with Gasteiger partial charge in [-0.2, -0.15) is 0 Å². The average Bonchev–Trinajstić information content (AvgIpc) is 2.24. The molecule has 0 bridgehead atoms. The zero-order valence-corrected chi connectivity index (χ0v) is 9.93. The van der Waals surface area contributed by atoms with Crippen LogP contribution >= 0.6 is 0 Å². The average molecular weight is 236 g/mol. The van der Waals surface area contributed by atoms with Crippen LogP contribution in [-0.4, -0.2) is 39.6 Å². The summed E-state index contributed by atoms with van der Waals surface area (Å²) in [5.74, 6) is -0.0336. The van der Waals surface area contributed by atoms with Crippen molar-refractivity contribution >= 4 is 5.91 Å². The molecule has 17 heavy (non-hydrogen) atoms. The lowest BCUT2D eigenvalue weighted by molar-refractivity contribution is -0.110. The third-order valence-corrected chi connectivity index (χ3v) is 3.32. The van der Waals surface area contributed by atoms with Crippen molar-refractivity contribution < 1.29 is 9.90 Å². The van der Waals surface area contributed by atoms with E-state index in [9.17, 15) is 14.7 Å². The number of pyridine rings is 1. The minimum Gasteiger partial charge on any atom is -0.386 e. The molecule has 0 aromatic carbocycles. The van der Waals surface area contributed by atoms with E-state index >= 15 is 0 Å². The van der Waals surface area contributed by atoms with Gasteiger partial charge in [0.1, 0.15) is 5.60 Å². The van der Waals surface area contributed by atoms with Crippen LogP contribution in [0.25, 0.3) is 0 Å². The zero-order chi connectivity index (χ0) is 12.6. The molecule has 1 aromatic rings. The maximum atomic E-state index is 11.9. The maximum absolute atomic E-state index is 11.9. The van der Waals surface area contributed by atoms with Gasteiger partial charge < -0.3 is 15.0 Å². The van der Waals surface area contributed by atoms with Gasteiger partial charge in [-0.25, -0.2) is 0 Å². The number of hydrogen-bond acceptors (Lipinski definition) is 3. The molecule has 0 aliphatic carbocycles. The number of nitrogens with one attached hydrogen (secondary N) is 1. The molecule has 0 atom stereocenters. The fraction of sp³-hybridized carbons (Fsp3) is 0.500. The minimum absolute atomic E-state index is 0.127. The van der Waals surface area contributed by atoms with Gasteiger partial charge in [0, 0.05) is 12.3 Å². The van der Waals surface area contributed by atoms with Crippen molar-refractivity contribution in [3.05, 3.63) is 34.2 Å². The van der Waals surface area contributed by atoms with Crippen LogP contribution in [0, 0.1) is 5.92 Å². The SMILES string of the molecule is CC(C)C1(O)CN(C(=O)c2ccc(=O)[nH]c2)C1. The number of aromatic nitrogens is 1. The van der Waals surface area contributed by atoms with Crippen LogP contribution in [-0.2, 0) is 0 Å². The number of H-pyrrole nitrogens is 1. The van der Waals surface area contributed by atoms with E-state index in [1.165, 1.54) is 18.3 Å². The zero-order valence-electron chi connectivity index (χ0n) is 9.93. The largest absolute Gasteiger partial charge is 0.386 e. The first kappa shape index (κ1) is 11.9. The monoisotopic (exact) mass is 236 g/mol. The first-order chi connectivity index (χ1) is 7.92. The van der Waals surface area contributed by atoms with Crippen LogP contribution in [0.2, 0.25) is 0 Å². The highest BCUT2D eigenvalue weighted by Crippen LogP contribution is 2.29. The van der Waals surface area contributed by atoms with E-state index in [1.807, 2.05) is 13.8 Å². The van der Waals surface area contributed by atoms with Crippen LogP contribution in [0.4, 0.5) is 0 Å². The van der Waals surface area contributed by atoms with Gasteiger partial charge in [-0.15, -0.1) is 0 Å². The highest BCUT2D eigenvalue weighted by atomic mass is 16.3. The molecule has 2 N–H and O–H groups in total. The van der Waals surface area contributed by atoms with E-state index in [1.54, 1.807) is 4.90 Å². The van der Waals surface area contributed by atoms with Gasteiger partial charge in [-0.05, 0) is 12.0 Å². The number of amides is 1. The molecule has 0 unspecified atom stereocenters. The number of nitrogens with zero attached hydrogens (tertiary/aromatic N) is 1. The summed E-state index contributed by atoms with van der Waals surface area (Å²) in [6.07, 6.45) is 1.40. The summed E-state index contributed by atoms with van der Waals surface area (Å²) in [5, 5.41) is 10.0. The second-order valence-corrected chi connectivity index (χ2v) is 4.86. The molecule has 5 nitrogen and oxygen atoms in total. The Balaban J connectivity index is 2.05. The molecule has 1 saturated heterocycles. The molecular formula is C12H16N2O3. The highest BCUT2D eigenvalue weighted by molar-refractivity contribution is 5.94. The number of carbonyl (C=O) groups excluding carboxylic acids is 1. The number of rotatable bonds is 2. The Bertz CT molecular complexity index is 466. The Kier molecular flexibility index (Phi) is 2.79. The number of aliphatic hydroxyl groups is 1. The van der Waals surface area contributed by atoms with Crippen LogP contribution in [0.1, 0.15) is 24.2 Å². The van der Waals surface area contributed by atoms with Crippen LogP contribution < -0.4 is 5.56 Å². The summed E-state index contributed by atoms with van der Waals surface area (Å²) >= 11 is 0. The van der Waals surface area contributed by atoms with Crippen molar-refractivity contribution in [1.29, 1.82) is 0 Å². The molecule has 92 valence electrons. The Labute approximate surface area is 99.1 Å². The van der Waals surface area contributed by atoms with E-state index in [2.05, 4.69) is 4.98 Å². The summed E-state index contributed by atoms with van der Waals surface area (Å²) in [6.45, 7) is 4.56. The van der Waals surface area contributed by atoms with Crippen LogP contribution in [0.5, 0.6) is 0 Å². The van der Waals surface area contributed by atoms with Gasteiger partial charge in [-0.1, -0.05) is 13.8 Å². The molecule has 0 saturated carbocycles. The topological polar surface area (TPSA) is 73.4 Å². The van der Waals surface area contributed by atoms with Gasteiger partial charge in [0.05, 0.1) is 18.7 Å². The predicted molar refractivity (Wildman–Crippen MR) is 62.8 cm³/mol. The molecule has 1 aromatic heterocycles. The van der Waals surface area contributed by atoms with Gasteiger partial charge in [0.2, 0.25) is 5.56 Å². The second-order valence-electron chi connectivity index (χ2n) is 4.86. The van der Waals surface area contributed by atoms with Crippen molar-refractivity contribution in [2.75, 3.05) is 13.1 Å². The molecule has 0 radical (unpaired) electrons. The molecule has 2 heterocycles. The fourth-order valence-corrected chi connectivity index (χ4v) is 1.85. The lowest BCUT2D eigenvalue weighted by atomic mass is 9.83. The van der Waals surface area contributed by atoms with Crippen LogP contribution in [0.3, 0.4) is 0 Å². The third kappa shape index (κ3) is 2.10. The van der Waals surface area contributed by atoms with E-state index < -0.39 is 5.60 Å². The molecule has 5 heteroatoms. The van der Waals surface area contributed by atoms with Gasteiger partial charge >= 0.3 is 0 Å². The highest BCUT2D eigenvalue weighted by Gasteiger charge is 2.45. The van der Waals surface area contributed by atoms with Gasteiger partial charge in [0.15, 0.2) is 0 Å². The van der Waals surface area contributed by atoms with Gasteiger partial charge in [0.25, 0.3) is 5.91 Å². The Morgan fingerprint density at radius 1 is 1.47 bits per heavy atom. The van der Waals surface area contributed by atoms with E-state index in [4.69, 9.17) is 0 Å². The molecular weight excluding hydrogens is 220 g/mol. The number of carbonyl (C=O) groups is 1. The lowest BCUT2D eigenvalue weighted by Crippen LogP contribution is -2.65. The van der Waals surface area contributed by atoms with Crippen LogP contribution in [0.15, 0.2) is 23.1 Å². The smallest absolute Gasteiger partial charge is 0.255 e. The summed E-state index contributed by atoms with van der Waals surface area (Å²) in [6, 6.07) is 2.82. The first-order valence-electron chi connectivity index (χ1n) is 5.63. The van der Waals surface area contributed by atoms with Crippen molar-refractivity contribution in [3.63, 3.8) is 0 Å². The van der Waals surface area contributed by atoms with Crippen molar-refractivity contribution in [1.82, 2.24) is 9.88 Å². The molecule has 1 aliphatic heterocycles. The van der Waals surface area contributed by atoms with Crippen molar-refractivity contribution in [2.24, 2.45) is 5.92 Å². The first-order valence-corrected chi connectivity index (χ1v) is 5.63.